The molecule has 1 aromatic carbocycles. The lowest BCUT2D eigenvalue weighted by molar-refractivity contribution is -0.126. The number of benzene rings is 1. The number of nitrogens with one attached hydrogen (secondary N) is 1. The molecule has 17 heavy (non-hydrogen) atoms. The second kappa shape index (κ2) is 4.49. The first-order valence-corrected chi connectivity index (χ1v) is 6.17. The fourth-order valence-corrected chi connectivity index (χ4v) is 1.99. The Morgan fingerprint density at radius 2 is 2.00 bits per heavy atom. The van der Waals surface area contributed by atoms with E-state index in [0.717, 1.165) is 5.56 Å². The van der Waals surface area contributed by atoms with Gasteiger partial charge in [0.2, 0.25) is 5.91 Å². The van der Waals surface area contributed by atoms with Gasteiger partial charge in [-0.3, -0.25) is 4.79 Å². The number of nitrogens with two attached hydrogens (primary N) is 1. The van der Waals surface area contributed by atoms with E-state index in [2.05, 4.69) is 12.2 Å². The summed E-state index contributed by atoms with van der Waals surface area (Å²) >= 11 is 0. The summed E-state index contributed by atoms with van der Waals surface area (Å²) in [6, 6.07) is 9.73. The van der Waals surface area contributed by atoms with Crippen LogP contribution < -0.4 is 11.1 Å². The fourth-order valence-electron chi connectivity index (χ4n) is 1.99. The third kappa shape index (κ3) is 2.67. The zero-order chi connectivity index (χ0) is 12.5. The molecular formula is C14H20N2O. The lowest BCUT2D eigenvalue weighted by Gasteiger charge is -2.26. The van der Waals surface area contributed by atoms with Crippen molar-refractivity contribution in [2.24, 2.45) is 11.7 Å². The highest BCUT2D eigenvalue weighted by Crippen LogP contribution is 2.32. The molecule has 0 radical (unpaired) electrons. The first kappa shape index (κ1) is 12.1. The topological polar surface area (TPSA) is 55.1 Å². The summed E-state index contributed by atoms with van der Waals surface area (Å²) in [6.07, 6.45) is 2.43. The minimum Gasteiger partial charge on any atom is -0.351 e. The van der Waals surface area contributed by atoms with Crippen LogP contribution in [-0.2, 0) is 10.3 Å². The van der Waals surface area contributed by atoms with Crippen molar-refractivity contribution in [1.82, 2.24) is 5.32 Å². The molecule has 0 heterocycles. The lowest BCUT2D eigenvalue weighted by atomic mass is 9.92. The summed E-state index contributed by atoms with van der Waals surface area (Å²) in [7, 11) is 0. The van der Waals surface area contributed by atoms with E-state index in [1.807, 2.05) is 30.3 Å². The molecule has 0 spiro atoms. The van der Waals surface area contributed by atoms with Crippen LogP contribution in [0.15, 0.2) is 30.3 Å². The Kier molecular flexibility index (Phi) is 3.20. The highest BCUT2D eigenvalue weighted by atomic mass is 16.2. The maximum Gasteiger partial charge on any atom is 0.244 e. The van der Waals surface area contributed by atoms with Crippen molar-refractivity contribution >= 4 is 5.91 Å². The summed E-state index contributed by atoms with van der Waals surface area (Å²) in [5.74, 6) is 0.550. The number of hydrogen-bond acceptors (Lipinski definition) is 2. The normalized spacial score (nSPS) is 20.4. The van der Waals surface area contributed by atoms with Crippen LogP contribution in [0.3, 0.4) is 0 Å². The summed E-state index contributed by atoms with van der Waals surface area (Å²) < 4.78 is 0. The van der Waals surface area contributed by atoms with E-state index in [-0.39, 0.29) is 11.9 Å². The SMILES string of the molecule is CC(NC(=O)C(C)(N)c1ccccc1)C1CC1. The van der Waals surface area contributed by atoms with E-state index in [1.54, 1.807) is 6.92 Å². The van der Waals surface area contributed by atoms with Gasteiger partial charge in [-0.05, 0) is 38.2 Å². The molecule has 1 amide bonds. The molecule has 2 rings (SSSR count). The van der Waals surface area contributed by atoms with Crippen molar-refractivity contribution in [2.45, 2.75) is 38.3 Å². The molecule has 2 unspecified atom stereocenters. The molecule has 1 aliphatic rings. The van der Waals surface area contributed by atoms with Crippen molar-refractivity contribution in [3.63, 3.8) is 0 Å². The third-order valence-corrected chi connectivity index (χ3v) is 3.53. The van der Waals surface area contributed by atoms with E-state index >= 15 is 0 Å². The highest BCUT2D eigenvalue weighted by molar-refractivity contribution is 5.87. The average molecular weight is 232 g/mol. The molecule has 3 nitrogen and oxygen atoms in total. The van der Waals surface area contributed by atoms with Gasteiger partial charge in [0, 0.05) is 6.04 Å². The molecule has 0 aliphatic heterocycles. The average Bonchev–Trinajstić information content (AvgIpc) is 3.13. The van der Waals surface area contributed by atoms with Gasteiger partial charge in [-0.25, -0.2) is 0 Å². The molecule has 0 saturated heterocycles. The van der Waals surface area contributed by atoms with Crippen LogP contribution in [0.25, 0.3) is 0 Å². The molecule has 2 atom stereocenters. The number of carbonyl (C=O) groups is 1. The van der Waals surface area contributed by atoms with Crippen LogP contribution in [0.5, 0.6) is 0 Å². The zero-order valence-electron chi connectivity index (χ0n) is 10.4. The highest BCUT2D eigenvalue weighted by Gasteiger charge is 2.35. The van der Waals surface area contributed by atoms with Crippen molar-refractivity contribution in [1.29, 1.82) is 0 Å². The van der Waals surface area contributed by atoms with Crippen LogP contribution in [0.1, 0.15) is 32.3 Å². The van der Waals surface area contributed by atoms with E-state index in [0.29, 0.717) is 5.92 Å². The van der Waals surface area contributed by atoms with Crippen molar-refractivity contribution in [2.75, 3.05) is 0 Å². The molecule has 1 aromatic rings. The minimum absolute atomic E-state index is 0.0944. The van der Waals surface area contributed by atoms with E-state index in [9.17, 15) is 4.79 Å². The van der Waals surface area contributed by atoms with Crippen molar-refractivity contribution in [3.8, 4) is 0 Å². The Balaban J connectivity index is 2.06. The molecule has 3 N–H and O–H groups in total. The second-order valence-corrected chi connectivity index (χ2v) is 5.17. The van der Waals surface area contributed by atoms with Crippen molar-refractivity contribution in [3.05, 3.63) is 35.9 Å². The largest absolute Gasteiger partial charge is 0.351 e. The Morgan fingerprint density at radius 3 is 2.53 bits per heavy atom. The minimum atomic E-state index is -0.954. The smallest absolute Gasteiger partial charge is 0.244 e. The third-order valence-electron chi connectivity index (χ3n) is 3.53. The summed E-state index contributed by atoms with van der Waals surface area (Å²) in [6.45, 7) is 3.81. The van der Waals surface area contributed by atoms with E-state index < -0.39 is 5.54 Å². The van der Waals surface area contributed by atoms with Gasteiger partial charge in [-0.2, -0.15) is 0 Å². The monoisotopic (exact) mass is 232 g/mol. The molecule has 92 valence electrons. The Hall–Kier alpha value is -1.35. The predicted molar refractivity (Wildman–Crippen MR) is 68.3 cm³/mol. The molecule has 0 aromatic heterocycles. The van der Waals surface area contributed by atoms with Gasteiger partial charge in [0.05, 0.1) is 0 Å². The van der Waals surface area contributed by atoms with Crippen LogP contribution in [0.2, 0.25) is 0 Å². The molecule has 1 aliphatic carbocycles. The van der Waals surface area contributed by atoms with Crippen molar-refractivity contribution < 1.29 is 4.79 Å². The number of rotatable bonds is 4. The Bertz CT molecular complexity index is 396. The fraction of sp³-hybridized carbons (Fsp3) is 0.500. The number of carbonyl (C=O) groups excluding carboxylic acids is 1. The van der Waals surface area contributed by atoms with Crippen LogP contribution in [0.4, 0.5) is 0 Å². The van der Waals surface area contributed by atoms with E-state index in [4.69, 9.17) is 5.73 Å². The first-order chi connectivity index (χ1) is 8.01. The molecule has 1 saturated carbocycles. The van der Waals surface area contributed by atoms with Gasteiger partial charge < -0.3 is 11.1 Å². The molecule has 1 fully saturated rings. The second-order valence-electron chi connectivity index (χ2n) is 5.17. The van der Waals surface area contributed by atoms with Gasteiger partial charge in [0.1, 0.15) is 5.54 Å². The summed E-state index contributed by atoms with van der Waals surface area (Å²) in [5, 5.41) is 3.02. The van der Waals surface area contributed by atoms with E-state index in [1.165, 1.54) is 12.8 Å². The maximum absolute atomic E-state index is 12.2. The van der Waals surface area contributed by atoms with Crippen LogP contribution in [0, 0.1) is 5.92 Å². The van der Waals surface area contributed by atoms with Gasteiger partial charge >= 0.3 is 0 Å². The van der Waals surface area contributed by atoms with Gasteiger partial charge in [0.15, 0.2) is 0 Å². The Labute approximate surface area is 102 Å². The molecular weight excluding hydrogens is 212 g/mol. The predicted octanol–water partition coefficient (Wildman–Crippen LogP) is 1.78. The standard InChI is InChI=1S/C14H20N2O/c1-10(11-8-9-11)16-13(17)14(2,15)12-6-4-3-5-7-12/h3-7,10-11H,8-9,15H2,1-2H3,(H,16,17). The number of hydrogen-bond donors (Lipinski definition) is 2. The molecule has 3 heteroatoms. The van der Waals surface area contributed by atoms with Crippen LogP contribution in [-0.4, -0.2) is 11.9 Å². The summed E-state index contributed by atoms with van der Waals surface area (Å²) in [4.78, 5) is 12.2. The van der Waals surface area contributed by atoms with Gasteiger partial charge in [-0.1, -0.05) is 30.3 Å². The first-order valence-electron chi connectivity index (χ1n) is 6.17. The quantitative estimate of drug-likeness (QED) is 0.831. The lowest BCUT2D eigenvalue weighted by Crippen LogP contribution is -2.51. The van der Waals surface area contributed by atoms with Gasteiger partial charge in [0.25, 0.3) is 0 Å². The van der Waals surface area contributed by atoms with Gasteiger partial charge in [-0.15, -0.1) is 0 Å². The summed E-state index contributed by atoms with van der Waals surface area (Å²) in [5.41, 5.74) is 6.03. The molecule has 0 bridgehead atoms. The zero-order valence-corrected chi connectivity index (χ0v) is 10.4. The maximum atomic E-state index is 12.2. The Morgan fingerprint density at radius 1 is 1.41 bits per heavy atom. The number of amides is 1. The van der Waals surface area contributed by atoms with Crippen LogP contribution >= 0.6 is 0 Å².